The maximum absolute atomic E-state index is 5.42. The van der Waals surface area contributed by atoms with Crippen LogP contribution in [0, 0.1) is 0 Å². The lowest BCUT2D eigenvalue weighted by Gasteiger charge is -2.18. The summed E-state index contributed by atoms with van der Waals surface area (Å²) in [5, 5.41) is 13.6. The van der Waals surface area contributed by atoms with Gasteiger partial charge in [0, 0.05) is 11.5 Å². The second kappa shape index (κ2) is 3.19. The van der Waals surface area contributed by atoms with Crippen LogP contribution in [-0.2, 0) is 4.74 Å². The lowest BCUT2D eigenvalue weighted by Crippen LogP contribution is -2.16. The highest BCUT2D eigenvalue weighted by Gasteiger charge is 2.19. The van der Waals surface area contributed by atoms with Gasteiger partial charge in [0.25, 0.3) is 0 Å². The Labute approximate surface area is 67.9 Å². The van der Waals surface area contributed by atoms with Crippen LogP contribution in [0.3, 0.4) is 0 Å². The molecule has 1 unspecified atom stereocenters. The van der Waals surface area contributed by atoms with Crippen molar-refractivity contribution in [2.24, 2.45) is 0 Å². The smallest absolute Gasteiger partial charge is 0.204 e. The highest BCUT2D eigenvalue weighted by Crippen LogP contribution is 2.22. The van der Waals surface area contributed by atoms with E-state index in [9.17, 15) is 0 Å². The minimum absolute atomic E-state index is 0.0347. The highest BCUT2D eigenvalue weighted by atomic mass is 32.2. The summed E-state index contributed by atoms with van der Waals surface area (Å²) in [6.45, 7) is 0.782. The van der Waals surface area contributed by atoms with Crippen LogP contribution in [0.5, 0.6) is 0 Å². The van der Waals surface area contributed by atoms with Crippen molar-refractivity contribution in [3.8, 4) is 0 Å². The summed E-state index contributed by atoms with van der Waals surface area (Å²) in [6.07, 6.45) is 0.0347. The number of rotatable bonds is 1. The van der Waals surface area contributed by atoms with Gasteiger partial charge in [-0.3, -0.25) is 0 Å². The van der Waals surface area contributed by atoms with Crippen LogP contribution < -0.4 is 0 Å². The molecule has 0 aliphatic carbocycles. The molecule has 1 atom stereocenters. The molecule has 2 rings (SSSR count). The standard InChI is InChI=1S/C5H8N4OS/c1-2-11-3-4(10-1)5-6-8-9-7-5/h4H,1-3H2,(H,6,7,8,9). The van der Waals surface area contributed by atoms with Crippen LogP contribution in [0.1, 0.15) is 11.9 Å². The normalized spacial score (nSPS) is 25.3. The van der Waals surface area contributed by atoms with Gasteiger partial charge in [0.15, 0.2) is 0 Å². The molecular formula is C5H8N4OS. The van der Waals surface area contributed by atoms with E-state index in [1.54, 1.807) is 0 Å². The summed E-state index contributed by atoms with van der Waals surface area (Å²) < 4.78 is 5.42. The van der Waals surface area contributed by atoms with Crippen LogP contribution in [-0.4, -0.2) is 38.7 Å². The predicted molar refractivity (Wildman–Crippen MR) is 40.2 cm³/mol. The molecule has 0 spiro atoms. The number of aromatic amines is 1. The number of hydrogen-bond acceptors (Lipinski definition) is 5. The molecule has 0 bridgehead atoms. The Hall–Kier alpha value is -0.620. The second-order valence-corrected chi connectivity index (χ2v) is 3.35. The summed E-state index contributed by atoms with van der Waals surface area (Å²) in [7, 11) is 0. The third-order valence-corrected chi connectivity index (χ3v) is 2.46. The molecular weight excluding hydrogens is 164 g/mol. The van der Waals surface area contributed by atoms with E-state index in [1.807, 2.05) is 11.8 Å². The lowest BCUT2D eigenvalue weighted by molar-refractivity contribution is 0.0695. The number of H-pyrrole nitrogens is 1. The van der Waals surface area contributed by atoms with Crippen molar-refractivity contribution < 1.29 is 4.74 Å². The largest absolute Gasteiger partial charge is 0.368 e. The predicted octanol–water partition coefficient (Wildman–Crippen LogP) is 0.00420. The first-order chi connectivity index (χ1) is 5.47. The molecule has 60 valence electrons. The first-order valence-electron chi connectivity index (χ1n) is 3.39. The van der Waals surface area contributed by atoms with Crippen molar-refractivity contribution in [1.82, 2.24) is 20.6 Å². The Balaban J connectivity index is 2.04. The molecule has 11 heavy (non-hydrogen) atoms. The maximum atomic E-state index is 5.42. The van der Waals surface area contributed by atoms with E-state index in [-0.39, 0.29) is 6.10 Å². The van der Waals surface area contributed by atoms with E-state index in [4.69, 9.17) is 4.74 Å². The maximum Gasteiger partial charge on any atom is 0.204 e. The third kappa shape index (κ3) is 1.51. The summed E-state index contributed by atoms with van der Waals surface area (Å²) in [5.41, 5.74) is 0. The zero-order valence-electron chi connectivity index (χ0n) is 5.86. The van der Waals surface area contributed by atoms with E-state index in [2.05, 4.69) is 20.6 Å². The minimum Gasteiger partial charge on any atom is -0.368 e. The summed E-state index contributed by atoms with van der Waals surface area (Å²) >= 11 is 1.85. The van der Waals surface area contributed by atoms with E-state index in [1.165, 1.54) is 0 Å². The molecule has 0 saturated carbocycles. The molecule has 0 amide bonds. The van der Waals surface area contributed by atoms with Gasteiger partial charge < -0.3 is 4.74 Å². The Kier molecular flexibility index (Phi) is 2.04. The fourth-order valence-electron chi connectivity index (χ4n) is 0.943. The van der Waals surface area contributed by atoms with Gasteiger partial charge in [-0.25, -0.2) is 0 Å². The molecule has 0 radical (unpaired) electrons. The number of hydrogen-bond donors (Lipinski definition) is 1. The average molecular weight is 172 g/mol. The monoisotopic (exact) mass is 172 g/mol. The summed E-state index contributed by atoms with van der Waals surface area (Å²) in [6, 6.07) is 0. The van der Waals surface area contributed by atoms with E-state index < -0.39 is 0 Å². The molecule has 1 N–H and O–H groups in total. The minimum atomic E-state index is 0.0347. The second-order valence-electron chi connectivity index (χ2n) is 2.20. The first kappa shape index (κ1) is 7.05. The molecule has 6 heteroatoms. The molecule has 1 aliphatic rings. The van der Waals surface area contributed by atoms with Gasteiger partial charge in [0.05, 0.1) is 6.61 Å². The number of nitrogens with zero attached hydrogens (tertiary/aromatic N) is 3. The van der Waals surface area contributed by atoms with Gasteiger partial charge in [-0.05, 0) is 0 Å². The number of ether oxygens (including phenoxy) is 1. The van der Waals surface area contributed by atoms with Gasteiger partial charge in [0.2, 0.25) is 5.82 Å². The highest BCUT2D eigenvalue weighted by molar-refractivity contribution is 7.99. The van der Waals surface area contributed by atoms with Gasteiger partial charge in [-0.2, -0.15) is 17.0 Å². The Morgan fingerprint density at radius 1 is 1.64 bits per heavy atom. The van der Waals surface area contributed by atoms with Crippen LogP contribution in [0.2, 0.25) is 0 Å². The number of nitrogens with one attached hydrogen (secondary N) is 1. The van der Waals surface area contributed by atoms with E-state index in [0.29, 0.717) is 5.82 Å². The van der Waals surface area contributed by atoms with Crippen molar-refractivity contribution >= 4 is 11.8 Å². The lowest BCUT2D eigenvalue weighted by atomic mass is 10.4. The van der Waals surface area contributed by atoms with E-state index in [0.717, 1.165) is 18.1 Å². The summed E-state index contributed by atoms with van der Waals surface area (Å²) in [4.78, 5) is 0. The quantitative estimate of drug-likeness (QED) is 0.646. The SMILES string of the molecule is C1CSCC(c2nn[nH]n2)O1. The van der Waals surface area contributed by atoms with Crippen molar-refractivity contribution in [3.05, 3.63) is 5.82 Å². The molecule has 1 aromatic heterocycles. The molecule has 1 aliphatic heterocycles. The number of aromatic nitrogens is 4. The molecule has 2 heterocycles. The van der Waals surface area contributed by atoms with Crippen molar-refractivity contribution in [3.63, 3.8) is 0 Å². The first-order valence-corrected chi connectivity index (χ1v) is 4.55. The Morgan fingerprint density at radius 3 is 3.27 bits per heavy atom. The van der Waals surface area contributed by atoms with Crippen LogP contribution in [0.4, 0.5) is 0 Å². The third-order valence-electron chi connectivity index (χ3n) is 1.47. The van der Waals surface area contributed by atoms with Gasteiger partial charge in [0.1, 0.15) is 6.10 Å². The zero-order chi connectivity index (χ0) is 7.52. The van der Waals surface area contributed by atoms with E-state index >= 15 is 0 Å². The number of tetrazole rings is 1. The molecule has 1 aromatic rings. The van der Waals surface area contributed by atoms with Crippen LogP contribution >= 0.6 is 11.8 Å². The molecule has 0 aromatic carbocycles. The zero-order valence-corrected chi connectivity index (χ0v) is 6.67. The van der Waals surface area contributed by atoms with Crippen LogP contribution in [0.25, 0.3) is 0 Å². The molecule has 5 nitrogen and oxygen atoms in total. The van der Waals surface area contributed by atoms with Crippen molar-refractivity contribution in [2.45, 2.75) is 6.10 Å². The fraction of sp³-hybridized carbons (Fsp3) is 0.800. The van der Waals surface area contributed by atoms with Crippen molar-refractivity contribution in [2.75, 3.05) is 18.1 Å². The summed E-state index contributed by atoms with van der Waals surface area (Å²) in [5.74, 6) is 2.66. The fourth-order valence-corrected chi connectivity index (χ4v) is 1.78. The molecule has 1 fully saturated rings. The number of thioether (sulfide) groups is 1. The molecule has 1 saturated heterocycles. The van der Waals surface area contributed by atoms with Gasteiger partial charge >= 0.3 is 0 Å². The Morgan fingerprint density at radius 2 is 2.64 bits per heavy atom. The topological polar surface area (TPSA) is 63.7 Å². The average Bonchev–Trinajstić information content (AvgIpc) is 2.58. The van der Waals surface area contributed by atoms with Gasteiger partial charge in [-0.15, -0.1) is 10.2 Å². The Bertz CT molecular complexity index is 208. The van der Waals surface area contributed by atoms with Crippen molar-refractivity contribution in [1.29, 1.82) is 0 Å². The van der Waals surface area contributed by atoms with Crippen LogP contribution in [0.15, 0.2) is 0 Å². The van der Waals surface area contributed by atoms with Gasteiger partial charge in [-0.1, -0.05) is 5.21 Å².